The molecule has 6 heteroatoms. The van der Waals surface area contributed by atoms with E-state index in [9.17, 15) is 14.7 Å². The minimum Gasteiger partial charge on any atom is -0.390 e. The van der Waals surface area contributed by atoms with Gasteiger partial charge >= 0.3 is 0 Å². The molecule has 2 atom stereocenters. The number of carbonyl (C=O) groups excluding carboxylic acids is 2. The average Bonchev–Trinajstić information content (AvgIpc) is 3.18. The molecule has 0 spiro atoms. The summed E-state index contributed by atoms with van der Waals surface area (Å²) in [6.45, 7) is 2.46. The van der Waals surface area contributed by atoms with E-state index in [2.05, 4.69) is 13.0 Å². The van der Waals surface area contributed by atoms with Crippen molar-refractivity contribution in [2.24, 2.45) is 0 Å². The molecular formula is C18H20N2O3S. The molecule has 0 radical (unpaired) electrons. The van der Waals surface area contributed by atoms with Crippen molar-refractivity contribution >= 4 is 23.2 Å². The molecule has 0 bridgehead atoms. The van der Waals surface area contributed by atoms with Crippen LogP contribution in [0.25, 0.3) is 0 Å². The third-order valence-corrected chi connectivity index (χ3v) is 5.43. The van der Waals surface area contributed by atoms with E-state index in [0.717, 1.165) is 4.90 Å². The molecule has 2 amide bonds. The first kappa shape index (κ1) is 16.8. The SMILES string of the molecule is CC(c1cccs1)N(C)CC(O)CN1C(=O)c2ccccc2C1=O. The molecule has 1 N–H and O–H groups in total. The number of fused-ring (bicyclic) bond motifs is 1. The summed E-state index contributed by atoms with van der Waals surface area (Å²) < 4.78 is 0. The monoisotopic (exact) mass is 344 g/mol. The van der Waals surface area contributed by atoms with Crippen LogP contribution in [0.4, 0.5) is 0 Å². The number of rotatable bonds is 6. The fourth-order valence-corrected chi connectivity index (χ4v) is 3.76. The lowest BCUT2D eigenvalue weighted by atomic mass is 10.1. The van der Waals surface area contributed by atoms with Crippen molar-refractivity contribution in [2.45, 2.75) is 19.1 Å². The molecule has 0 aliphatic carbocycles. The second-order valence-electron chi connectivity index (χ2n) is 6.05. The van der Waals surface area contributed by atoms with Gasteiger partial charge in [-0.1, -0.05) is 18.2 Å². The van der Waals surface area contributed by atoms with E-state index in [1.807, 2.05) is 23.4 Å². The molecule has 3 rings (SSSR count). The number of aliphatic hydroxyl groups is 1. The van der Waals surface area contributed by atoms with E-state index in [1.54, 1.807) is 35.6 Å². The summed E-state index contributed by atoms with van der Waals surface area (Å²) in [6.07, 6.45) is -0.792. The molecule has 1 aromatic carbocycles. The number of carbonyl (C=O) groups is 2. The maximum atomic E-state index is 12.3. The number of benzene rings is 1. The molecule has 24 heavy (non-hydrogen) atoms. The zero-order valence-electron chi connectivity index (χ0n) is 13.7. The number of hydrogen-bond donors (Lipinski definition) is 1. The molecule has 5 nitrogen and oxygen atoms in total. The first-order valence-corrected chi connectivity index (χ1v) is 8.74. The number of imide groups is 1. The highest BCUT2D eigenvalue weighted by Gasteiger charge is 2.36. The molecule has 1 aromatic heterocycles. The molecule has 2 aromatic rings. The largest absolute Gasteiger partial charge is 0.390 e. The van der Waals surface area contributed by atoms with Gasteiger partial charge in [0.25, 0.3) is 11.8 Å². The van der Waals surface area contributed by atoms with Gasteiger partial charge in [-0.05, 0) is 37.6 Å². The first-order valence-electron chi connectivity index (χ1n) is 7.86. The van der Waals surface area contributed by atoms with Gasteiger partial charge in [-0.15, -0.1) is 11.3 Å². The maximum Gasteiger partial charge on any atom is 0.261 e. The fourth-order valence-electron chi connectivity index (χ4n) is 2.91. The Balaban J connectivity index is 1.62. The van der Waals surface area contributed by atoms with Crippen LogP contribution in [0, 0.1) is 0 Å². The Hall–Kier alpha value is -2.02. The number of nitrogens with zero attached hydrogens (tertiary/aromatic N) is 2. The second kappa shape index (κ2) is 6.84. The zero-order valence-corrected chi connectivity index (χ0v) is 14.5. The standard InChI is InChI=1S/C18H20N2O3S/c1-12(16-8-5-9-24-16)19(2)10-13(21)11-20-17(22)14-6-3-4-7-15(14)18(20)23/h3-9,12-13,21H,10-11H2,1-2H3. The molecule has 0 fully saturated rings. The highest BCUT2D eigenvalue weighted by atomic mass is 32.1. The van der Waals surface area contributed by atoms with Gasteiger partial charge in [0, 0.05) is 17.5 Å². The smallest absolute Gasteiger partial charge is 0.261 e. The summed E-state index contributed by atoms with van der Waals surface area (Å²) in [7, 11) is 1.93. The summed E-state index contributed by atoms with van der Waals surface area (Å²) in [6, 6.07) is 11.0. The molecule has 0 saturated carbocycles. The predicted octanol–water partition coefficient (Wildman–Crippen LogP) is 2.40. The van der Waals surface area contributed by atoms with E-state index >= 15 is 0 Å². The summed E-state index contributed by atoms with van der Waals surface area (Å²) in [4.78, 5) is 29.0. The Morgan fingerprint density at radius 3 is 2.29 bits per heavy atom. The number of thiophene rings is 1. The number of β-amino-alcohol motifs (C(OH)–C–C–N with tert-alkyl or cyclic N) is 1. The van der Waals surface area contributed by atoms with Crippen LogP contribution in [0.3, 0.4) is 0 Å². The Labute approximate surface area is 145 Å². The van der Waals surface area contributed by atoms with Crippen LogP contribution < -0.4 is 0 Å². The van der Waals surface area contributed by atoms with Crippen molar-refractivity contribution in [3.63, 3.8) is 0 Å². The Morgan fingerprint density at radius 1 is 1.12 bits per heavy atom. The van der Waals surface area contributed by atoms with Crippen molar-refractivity contribution in [3.05, 3.63) is 57.8 Å². The van der Waals surface area contributed by atoms with Crippen LogP contribution in [0.5, 0.6) is 0 Å². The summed E-state index contributed by atoms with van der Waals surface area (Å²) in [5.74, 6) is -0.660. The van der Waals surface area contributed by atoms with Gasteiger partial charge in [0.15, 0.2) is 0 Å². The lowest BCUT2D eigenvalue weighted by molar-refractivity contribution is 0.0467. The van der Waals surface area contributed by atoms with Crippen molar-refractivity contribution in [1.82, 2.24) is 9.80 Å². The molecule has 1 aliphatic heterocycles. The number of hydrogen-bond acceptors (Lipinski definition) is 5. The minimum absolute atomic E-state index is 0.00778. The van der Waals surface area contributed by atoms with E-state index in [4.69, 9.17) is 0 Å². The van der Waals surface area contributed by atoms with Gasteiger partial charge in [0.1, 0.15) is 0 Å². The topological polar surface area (TPSA) is 60.9 Å². The summed E-state index contributed by atoms with van der Waals surface area (Å²) in [5, 5.41) is 12.4. The van der Waals surface area contributed by atoms with E-state index < -0.39 is 6.10 Å². The van der Waals surface area contributed by atoms with Gasteiger partial charge in [-0.2, -0.15) is 0 Å². The van der Waals surface area contributed by atoms with E-state index in [0.29, 0.717) is 17.7 Å². The van der Waals surface area contributed by atoms with Crippen LogP contribution in [0.15, 0.2) is 41.8 Å². The highest BCUT2D eigenvalue weighted by Crippen LogP contribution is 2.25. The maximum absolute atomic E-state index is 12.3. The highest BCUT2D eigenvalue weighted by molar-refractivity contribution is 7.10. The minimum atomic E-state index is -0.792. The second-order valence-corrected chi connectivity index (χ2v) is 7.03. The molecule has 0 saturated heterocycles. The van der Waals surface area contributed by atoms with Crippen LogP contribution >= 0.6 is 11.3 Å². The molecule has 2 heterocycles. The Kier molecular flexibility index (Phi) is 4.80. The third-order valence-electron chi connectivity index (χ3n) is 4.39. The number of aliphatic hydroxyl groups excluding tert-OH is 1. The third kappa shape index (κ3) is 3.13. The average molecular weight is 344 g/mol. The van der Waals surface area contributed by atoms with Gasteiger partial charge < -0.3 is 5.11 Å². The van der Waals surface area contributed by atoms with E-state index in [-0.39, 0.29) is 24.4 Å². The molecule has 1 aliphatic rings. The normalized spacial score (nSPS) is 16.6. The van der Waals surface area contributed by atoms with Crippen LogP contribution in [0.2, 0.25) is 0 Å². The zero-order chi connectivity index (χ0) is 17.3. The lowest BCUT2D eigenvalue weighted by Crippen LogP contribution is -2.42. The summed E-state index contributed by atoms with van der Waals surface area (Å²) in [5.41, 5.74) is 0.824. The molecule has 2 unspecified atom stereocenters. The van der Waals surface area contributed by atoms with Crippen molar-refractivity contribution in [3.8, 4) is 0 Å². The van der Waals surface area contributed by atoms with Crippen molar-refractivity contribution in [1.29, 1.82) is 0 Å². The summed E-state index contributed by atoms with van der Waals surface area (Å²) >= 11 is 1.67. The Bertz CT molecular complexity index is 709. The van der Waals surface area contributed by atoms with Crippen molar-refractivity contribution in [2.75, 3.05) is 20.1 Å². The van der Waals surface area contributed by atoms with Crippen LogP contribution in [-0.2, 0) is 0 Å². The molecular weight excluding hydrogens is 324 g/mol. The Morgan fingerprint density at radius 2 is 1.75 bits per heavy atom. The first-order chi connectivity index (χ1) is 11.5. The fraction of sp³-hybridized carbons (Fsp3) is 0.333. The van der Waals surface area contributed by atoms with Crippen LogP contribution in [0.1, 0.15) is 38.6 Å². The van der Waals surface area contributed by atoms with Gasteiger partial charge in [-0.3, -0.25) is 19.4 Å². The van der Waals surface area contributed by atoms with Gasteiger partial charge in [0.2, 0.25) is 0 Å². The number of likely N-dealkylation sites (N-methyl/N-ethyl adjacent to an activating group) is 1. The number of amides is 2. The lowest BCUT2D eigenvalue weighted by Gasteiger charge is -2.27. The molecule has 126 valence electrons. The van der Waals surface area contributed by atoms with E-state index in [1.165, 1.54) is 4.88 Å². The van der Waals surface area contributed by atoms with Crippen molar-refractivity contribution < 1.29 is 14.7 Å². The van der Waals surface area contributed by atoms with Crippen LogP contribution in [-0.4, -0.2) is 53.0 Å². The van der Waals surface area contributed by atoms with Gasteiger partial charge in [-0.25, -0.2) is 0 Å². The predicted molar refractivity (Wildman–Crippen MR) is 93.2 cm³/mol. The van der Waals surface area contributed by atoms with Gasteiger partial charge in [0.05, 0.1) is 23.8 Å². The quantitative estimate of drug-likeness (QED) is 0.818.